The molecule has 0 heterocycles. The Morgan fingerprint density at radius 1 is 1.62 bits per heavy atom. The first kappa shape index (κ1) is 10.2. The number of carbonyl (C=O) groups excluding carboxylic acids is 1. The second-order valence-corrected chi connectivity index (χ2v) is 4.36. The lowest BCUT2D eigenvalue weighted by Crippen LogP contribution is -2.28. The zero-order valence-electron chi connectivity index (χ0n) is 8.76. The van der Waals surface area contributed by atoms with E-state index in [0.29, 0.717) is 5.92 Å². The Morgan fingerprint density at radius 2 is 2.23 bits per heavy atom. The minimum Gasteiger partial charge on any atom is -0.294 e. The molecule has 0 saturated heterocycles. The minimum atomic E-state index is -0.307. The molecule has 1 rings (SSSR count). The Labute approximate surface area is 80.5 Å². The molecule has 0 bridgehead atoms. The topological polar surface area (TPSA) is 17.1 Å². The third-order valence-corrected chi connectivity index (χ3v) is 3.00. The van der Waals surface area contributed by atoms with E-state index in [1.165, 1.54) is 5.57 Å². The highest BCUT2D eigenvalue weighted by molar-refractivity contribution is 5.97. The van der Waals surface area contributed by atoms with Gasteiger partial charge < -0.3 is 0 Å². The minimum absolute atomic E-state index is 0.220. The van der Waals surface area contributed by atoms with Crippen LogP contribution >= 0.6 is 0 Å². The van der Waals surface area contributed by atoms with Crippen LogP contribution in [0.1, 0.15) is 33.6 Å². The van der Waals surface area contributed by atoms with Crippen molar-refractivity contribution in [2.24, 2.45) is 11.3 Å². The van der Waals surface area contributed by atoms with Crippen LogP contribution in [0.5, 0.6) is 0 Å². The van der Waals surface area contributed by atoms with E-state index >= 15 is 0 Å². The summed E-state index contributed by atoms with van der Waals surface area (Å²) in [5.41, 5.74) is 0.975. The summed E-state index contributed by atoms with van der Waals surface area (Å²) in [4.78, 5) is 11.7. The van der Waals surface area contributed by atoms with E-state index in [2.05, 4.69) is 20.4 Å². The van der Waals surface area contributed by atoms with Crippen molar-refractivity contribution >= 4 is 5.78 Å². The van der Waals surface area contributed by atoms with Gasteiger partial charge in [-0.15, -0.1) is 6.58 Å². The fourth-order valence-electron chi connectivity index (χ4n) is 1.59. The zero-order chi connectivity index (χ0) is 10.1. The lowest BCUT2D eigenvalue weighted by Gasteiger charge is -2.29. The van der Waals surface area contributed by atoms with Gasteiger partial charge in [0.05, 0.1) is 0 Å². The molecule has 1 heteroatoms. The molecule has 0 saturated carbocycles. The van der Waals surface area contributed by atoms with Crippen LogP contribution in [-0.4, -0.2) is 5.78 Å². The maximum atomic E-state index is 11.7. The first-order valence-corrected chi connectivity index (χ1v) is 4.88. The van der Waals surface area contributed by atoms with Gasteiger partial charge in [-0.2, -0.15) is 0 Å². The normalized spacial score (nSPS) is 28.9. The highest BCUT2D eigenvalue weighted by atomic mass is 16.1. The second-order valence-electron chi connectivity index (χ2n) is 4.36. The van der Waals surface area contributed by atoms with Crippen LogP contribution in [-0.2, 0) is 4.79 Å². The molecule has 0 N–H and O–H groups in total. The quantitative estimate of drug-likeness (QED) is 0.594. The zero-order valence-corrected chi connectivity index (χ0v) is 8.76. The van der Waals surface area contributed by atoms with E-state index in [1.54, 1.807) is 6.08 Å². The number of rotatable bonds is 2. The molecule has 0 aromatic rings. The summed E-state index contributed by atoms with van der Waals surface area (Å²) in [6, 6.07) is 0. The van der Waals surface area contributed by atoms with Crippen LogP contribution in [0.25, 0.3) is 0 Å². The molecule has 1 aliphatic carbocycles. The van der Waals surface area contributed by atoms with Crippen molar-refractivity contribution in [2.45, 2.75) is 33.6 Å². The molecule has 0 aromatic heterocycles. The summed E-state index contributed by atoms with van der Waals surface area (Å²) in [7, 11) is 0. The highest BCUT2D eigenvalue weighted by Crippen LogP contribution is 2.35. The molecule has 0 amide bonds. The van der Waals surface area contributed by atoms with Crippen molar-refractivity contribution in [1.82, 2.24) is 0 Å². The summed E-state index contributed by atoms with van der Waals surface area (Å²) in [5.74, 6) is 0.718. The maximum Gasteiger partial charge on any atom is 0.165 e. The lowest BCUT2D eigenvalue weighted by atomic mass is 9.74. The first-order chi connectivity index (χ1) is 5.99. The van der Waals surface area contributed by atoms with Crippen molar-refractivity contribution in [3.05, 3.63) is 24.3 Å². The average Bonchev–Trinajstić information content (AvgIpc) is 2.09. The van der Waals surface area contributed by atoms with E-state index in [1.807, 2.05) is 13.0 Å². The molecular formula is C12H18O. The lowest BCUT2D eigenvalue weighted by molar-refractivity contribution is -0.121. The van der Waals surface area contributed by atoms with Crippen LogP contribution in [0, 0.1) is 11.3 Å². The van der Waals surface area contributed by atoms with Gasteiger partial charge >= 0.3 is 0 Å². The number of carbonyl (C=O) groups is 1. The first-order valence-electron chi connectivity index (χ1n) is 4.88. The smallest absolute Gasteiger partial charge is 0.165 e. The van der Waals surface area contributed by atoms with Crippen LogP contribution in [0.4, 0.5) is 0 Å². The van der Waals surface area contributed by atoms with Gasteiger partial charge in [-0.3, -0.25) is 4.79 Å². The van der Waals surface area contributed by atoms with Gasteiger partial charge in [-0.25, -0.2) is 0 Å². The van der Waals surface area contributed by atoms with E-state index < -0.39 is 0 Å². The Morgan fingerprint density at radius 3 is 2.62 bits per heavy atom. The largest absolute Gasteiger partial charge is 0.294 e. The highest BCUT2D eigenvalue weighted by Gasteiger charge is 2.32. The van der Waals surface area contributed by atoms with Gasteiger partial charge in [-0.05, 0) is 31.8 Å². The van der Waals surface area contributed by atoms with Crippen LogP contribution in [0.15, 0.2) is 24.3 Å². The van der Waals surface area contributed by atoms with Gasteiger partial charge in [0.1, 0.15) is 0 Å². The summed E-state index contributed by atoms with van der Waals surface area (Å²) in [5, 5.41) is 0. The summed E-state index contributed by atoms with van der Waals surface area (Å²) in [6.07, 6.45) is 5.55. The molecule has 13 heavy (non-hydrogen) atoms. The molecule has 72 valence electrons. The van der Waals surface area contributed by atoms with Gasteiger partial charge in [0.15, 0.2) is 5.78 Å². The van der Waals surface area contributed by atoms with Crippen molar-refractivity contribution < 1.29 is 4.79 Å². The van der Waals surface area contributed by atoms with Crippen molar-refractivity contribution in [3.63, 3.8) is 0 Å². The number of ketones is 1. The molecule has 0 radical (unpaired) electrons. The monoisotopic (exact) mass is 178 g/mol. The van der Waals surface area contributed by atoms with Gasteiger partial charge in [-0.1, -0.05) is 25.5 Å². The fraction of sp³-hybridized carbons (Fsp3) is 0.583. The van der Waals surface area contributed by atoms with Gasteiger partial charge in [0.25, 0.3) is 0 Å². The third kappa shape index (κ3) is 1.90. The van der Waals surface area contributed by atoms with E-state index in [0.717, 1.165) is 12.8 Å². The Hall–Kier alpha value is -0.850. The predicted octanol–water partition coefficient (Wildman–Crippen LogP) is 3.12. The molecule has 1 atom stereocenters. The standard InChI is InChI=1S/C12H18O/c1-5-12(4)7-6-10(9(2)3)8-11(12)13/h5,8-9H,1,6-7H2,2-4H3/t12-/m0/s1. The summed E-state index contributed by atoms with van der Waals surface area (Å²) >= 11 is 0. The molecule has 0 aromatic carbocycles. The van der Waals surface area contributed by atoms with Gasteiger partial charge in [0.2, 0.25) is 0 Å². The predicted molar refractivity (Wildman–Crippen MR) is 55.5 cm³/mol. The molecule has 1 nitrogen and oxygen atoms in total. The van der Waals surface area contributed by atoms with E-state index in [9.17, 15) is 4.79 Å². The molecule has 1 aliphatic rings. The maximum absolute atomic E-state index is 11.7. The second kappa shape index (κ2) is 3.49. The third-order valence-electron chi connectivity index (χ3n) is 3.00. The Bertz CT molecular complexity index is 260. The Kier molecular flexibility index (Phi) is 2.74. The van der Waals surface area contributed by atoms with Crippen molar-refractivity contribution in [2.75, 3.05) is 0 Å². The molecule has 0 unspecified atom stereocenters. The van der Waals surface area contributed by atoms with Crippen molar-refractivity contribution in [3.8, 4) is 0 Å². The number of hydrogen-bond donors (Lipinski definition) is 0. The average molecular weight is 178 g/mol. The van der Waals surface area contributed by atoms with E-state index in [4.69, 9.17) is 0 Å². The van der Waals surface area contributed by atoms with Crippen LogP contribution in [0.3, 0.4) is 0 Å². The van der Waals surface area contributed by atoms with Crippen molar-refractivity contribution in [1.29, 1.82) is 0 Å². The number of allylic oxidation sites excluding steroid dienone is 3. The van der Waals surface area contributed by atoms with Gasteiger partial charge in [0, 0.05) is 5.41 Å². The van der Waals surface area contributed by atoms with Crippen LogP contribution in [0.2, 0.25) is 0 Å². The fourth-order valence-corrected chi connectivity index (χ4v) is 1.59. The summed E-state index contributed by atoms with van der Waals surface area (Å²) < 4.78 is 0. The molecular weight excluding hydrogens is 160 g/mol. The van der Waals surface area contributed by atoms with Crippen LogP contribution < -0.4 is 0 Å². The molecule has 0 spiro atoms. The number of hydrogen-bond acceptors (Lipinski definition) is 1. The SMILES string of the molecule is C=C[C@@]1(C)CCC(C(C)C)=CC1=O. The molecule has 0 aliphatic heterocycles. The van der Waals surface area contributed by atoms with E-state index in [-0.39, 0.29) is 11.2 Å². The Balaban J connectivity index is 2.89. The summed E-state index contributed by atoms with van der Waals surface area (Å²) in [6.45, 7) is 9.96. The molecule has 0 fully saturated rings.